The van der Waals surface area contributed by atoms with E-state index in [-0.39, 0.29) is 24.2 Å². The lowest BCUT2D eigenvalue weighted by molar-refractivity contribution is -0.137. The number of rotatable bonds is 9. The Hall–Kier alpha value is -3.83. The predicted molar refractivity (Wildman–Crippen MR) is 128 cm³/mol. The van der Waals surface area contributed by atoms with Gasteiger partial charge in [-0.1, -0.05) is 0 Å². The lowest BCUT2D eigenvalue weighted by Crippen LogP contribution is -2.27. The number of likely N-dealkylation sites (tertiary alicyclic amines) is 1. The van der Waals surface area contributed by atoms with Crippen molar-refractivity contribution in [3.8, 4) is 5.75 Å². The van der Waals surface area contributed by atoms with Crippen LogP contribution < -0.4 is 20.7 Å². The van der Waals surface area contributed by atoms with Crippen LogP contribution in [0.2, 0.25) is 0 Å². The summed E-state index contributed by atoms with van der Waals surface area (Å²) < 4.78 is 46.0. The fourth-order valence-corrected chi connectivity index (χ4v) is 3.61. The molecule has 1 fully saturated rings. The average Bonchev–Trinajstić information content (AvgIpc) is 3.37. The number of hydrogen-bond donors (Lipinski definition) is 3. The van der Waals surface area contributed by atoms with Gasteiger partial charge in [0.2, 0.25) is 5.95 Å². The van der Waals surface area contributed by atoms with E-state index >= 15 is 0 Å². The van der Waals surface area contributed by atoms with Crippen molar-refractivity contribution in [2.45, 2.75) is 19.0 Å². The van der Waals surface area contributed by atoms with Gasteiger partial charge in [-0.2, -0.15) is 18.2 Å². The van der Waals surface area contributed by atoms with Crippen molar-refractivity contribution < 1.29 is 22.7 Å². The van der Waals surface area contributed by atoms with Crippen LogP contribution in [-0.2, 0) is 6.18 Å². The fourth-order valence-electron chi connectivity index (χ4n) is 3.61. The number of amides is 1. The predicted octanol–water partition coefficient (Wildman–Crippen LogP) is 3.70. The van der Waals surface area contributed by atoms with Crippen LogP contribution in [0, 0.1) is 0 Å². The smallest absolute Gasteiger partial charge is 0.421 e. The van der Waals surface area contributed by atoms with E-state index in [0.717, 1.165) is 12.8 Å². The summed E-state index contributed by atoms with van der Waals surface area (Å²) in [5.41, 5.74) is 0.492. The summed E-state index contributed by atoms with van der Waals surface area (Å²) in [5, 5.41) is 8.41. The fraction of sp³-hybridized carbons (Fsp3) is 0.391. The van der Waals surface area contributed by atoms with E-state index in [1.807, 2.05) is 0 Å². The van der Waals surface area contributed by atoms with Crippen LogP contribution in [0.15, 0.2) is 41.2 Å². The second-order valence-corrected chi connectivity index (χ2v) is 7.74. The Morgan fingerprint density at radius 1 is 1.29 bits per heavy atom. The van der Waals surface area contributed by atoms with Gasteiger partial charge in [0.05, 0.1) is 12.8 Å². The van der Waals surface area contributed by atoms with E-state index in [2.05, 4.69) is 30.9 Å². The minimum absolute atomic E-state index is 0.0499. The van der Waals surface area contributed by atoms with Gasteiger partial charge in [0.1, 0.15) is 17.1 Å². The Bertz CT molecular complexity index is 1100. The lowest BCUT2D eigenvalue weighted by Gasteiger charge is -2.18. The highest BCUT2D eigenvalue weighted by Gasteiger charge is 2.35. The van der Waals surface area contributed by atoms with Gasteiger partial charge in [-0.25, -0.2) is 4.98 Å². The van der Waals surface area contributed by atoms with Gasteiger partial charge in [0, 0.05) is 63.5 Å². The molecule has 3 N–H and O–H groups in total. The maximum absolute atomic E-state index is 13.5. The van der Waals surface area contributed by atoms with Gasteiger partial charge < -0.3 is 25.6 Å². The van der Waals surface area contributed by atoms with Crippen LogP contribution in [-0.4, -0.2) is 67.8 Å². The molecule has 0 spiro atoms. The number of ether oxygens (including phenoxy) is 1. The van der Waals surface area contributed by atoms with Crippen molar-refractivity contribution in [2.75, 3.05) is 51.5 Å². The number of methoxy groups -OCH3 is 1. The Balaban J connectivity index is 1.86. The molecular formula is C23H28F3N7O2. The number of aromatic nitrogens is 2. The van der Waals surface area contributed by atoms with Gasteiger partial charge in [0.15, 0.2) is 0 Å². The summed E-state index contributed by atoms with van der Waals surface area (Å²) in [4.78, 5) is 26.2. The summed E-state index contributed by atoms with van der Waals surface area (Å²) in [5.74, 6) is -0.209. The van der Waals surface area contributed by atoms with Crippen LogP contribution in [0.1, 0.15) is 28.8 Å². The number of halogens is 3. The molecule has 0 aliphatic carbocycles. The van der Waals surface area contributed by atoms with E-state index < -0.39 is 11.7 Å². The quantitative estimate of drug-likeness (QED) is 0.460. The van der Waals surface area contributed by atoms with Crippen LogP contribution in [0.3, 0.4) is 0 Å². The molecule has 12 heteroatoms. The molecule has 1 aromatic heterocycles. The van der Waals surface area contributed by atoms with Gasteiger partial charge >= 0.3 is 6.18 Å². The number of benzene rings is 1. The maximum Gasteiger partial charge on any atom is 0.421 e. The Kier molecular flexibility index (Phi) is 8.50. The number of anilines is 3. The van der Waals surface area contributed by atoms with Crippen LogP contribution in [0.5, 0.6) is 5.75 Å². The zero-order chi connectivity index (χ0) is 25.4. The zero-order valence-electron chi connectivity index (χ0n) is 19.7. The number of nitrogens with one attached hydrogen (secondary N) is 3. The molecule has 188 valence electrons. The molecular weight excluding hydrogens is 463 g/mol. The standard InChI is InChI=1S/C23H28F3N7O2/c1-27-11-15(12-28-2)13-29-20-17(23(24,25)26)14-30-22(32-20)31-18-7-6-16(10-19(18)35-3)21(34)33-8-4-5-9-33/h6-7,10-12,14,27H,4-5,8-9,13H2,1-3H3,(H2,29,30,31,32)/b15-11+,28-12?. The largest absolute Gasteiger partial charge is 0.495 e. The summed E-state index contributed by atoms with van der Waals surface area (Å²) in [6.07, 6.45) is 1.15. The molecule has 1 aromatic carbocycles. The van der Waals surface area contributed by atoms with Gasteiger partial charge in [-0.3, -0.25) is 9.79 Å². The molecule has 0 saturated carbocycles. The first-order chi connectivity index (χ1) is 16.8. The number of alkyl halides is 3. The number of nitrogens with zero attached hydrogens (tertiary/aromatic N) is 4. The van der Waals surface area contributed by atoms with Gasteiger partial charge in [-0.15, -0.1) is 0 Å². The third-order valence-corrected chi connectivity index (χ3v) is 5.27. The molecule has 0 atom stereocenters. The summed E-state index contributed by atoms with van der Waals surface area (Å²) in [7, 11) is 4.68. The highest BCUT2D eigenvalue weighted by Crippen LogP contribution is 2.35. The van der Waals surface area contributed by atoms with Crippen LogP contribution in [0.25, 0.3) is 0 Å². The SMILES string of the molecule is CN=C/C(=C\NC)CNc1nc(Nc2ccc(C(=O)N3CCCC3)cc2OC)ncc1C(F)(F)F. The van der Waals surface area contributed by atoms with E-state index in [1.54, 1.807) is 43.4 Å². The van der Waals surface area contributed by atoms with Crippen molar-refractivity contribution in [1.82, 2.24) is 20.2 Å². The molecule has 1 aliphatic rings. The molecule has 9 nitrogen and oxygen atoms in total. The minimum Gasteiger partial charge on any atom is -0.495 e. The topological polar surface area (TPSA) is 104 Å². The molecule has 0 unspecified atom stereocenters. The number of hydrogen-bond acceptors (Lipinski definition) is 8. The molecule has 0 radical (unpaired) electrons. The second kappa shape index (κ2) is 11.5. The van der Waals surface area contributed by atoms with Crippen LogP contribution in [0.4, 0.5) is 30.6 Å². The highest BCUT2D eigenvalue weighted by atomic mass is 19.4. The Labute approximate surface area is 201 Å². The third kappa shape index (κ3) is 6.61. The van der Waals surface area contributed by atoms with Crippen molar-refractivity contribution >= 4 is 29.6 Å². The minimum atomic E-state index is -4.65. The number of carbonyl (C=O) groups excluding carboxylic acids is 1. The number of aliphatic imine (C=N–C) groups is 1. The first kappa shape index (κ1) is 25.8. The molecule has 35 heavy (non-hydrogen) atoms. The first-order valence-electron chi connectivity index (χ1n) is 11.0. The second-order valence-electron chi connectivity index (χ2n) is 7.74. The Morgan fingerprint density at radius 2 is 2.03 bits per heavy atom. The van der Waals surface area contributed by atoms with Crippen molar-refractivity contribution in [2.24, 2.45) is 4.99 Å². The van der Waals surface area contributed by atoms with Gasteiger partial charge in [-0.05, 0) is 31.0 Å². The number of carbonyl (C=O) groups is 1. The molecule has 3 rings (SSSR count). The molecule has 1 saturated heterocycles. The lowest BCUT2D eigenvalue weighted by atomic mass is 10.1. The molecule has 1 aliphatic heterocycles. The van der Waals surface area contributed by atoms with E-state index in [9.17, 15) is 18.0 Å². The molecule has 0 bridgehead atoms. The normalized spacial score (nSPS) is 14.3. The average molecular weight is 492 g/mol. The molecule has 2 heterocycles. The molecule has 2 aromatic rings. The third-order valence-electron chi connectivity index (χ3n) is 5.27. The zero-order valence-corrected chi connectivity index (χ0v) is 19.7. The maximum atomic E-state index is 13.5. The Morgan fingerprint density at radius 3 is 2.66 bits per heavy atom. The molecule has 1 amide bonds. The van der Waals surface area contributed by atoms with Crippen molar-refractivity contribution in [1.29, 1.82) is 0 Å². The van der Waals surface area contributed by atoms with Crippen molar-refractivity contribution in [3.05, 3.63) is 47.3 Å². The first-order valence-corrected chi connectivity index (χ1v) is 11.0. The van der Waals surface area contributed by atoms with E-state index in [1.165, 1.54) is 13.3 Å². The summed E-state index contributed by atoms with van der Waals surface area (Å²) >= 11 is 0. The van der Waals surface area contributed by atoms with Crippen molar-refractivity contribution in [3.63, 3.8) is 0 Å². The van der Waals surface area contributed by atoms with E-state index in [0.29, 0.717) is 41.9 Å². The van der Waals surface area contributed by atoms with E-state index in [4.69, 9.17) is 4.74 Å². The summed E-state index contributed by atoms with van der Waals surface area (Å²) in [6.45, 7) is 1.48. The monoisotopic (exact) mass is 491 g/mol. The van der Waals surface area contributed by atoms with Crippen LogP contribution >= 0.6 is 0 Å². The highest BCUT2D eigenvalue weighted by molar-refractivity contribution is 5.95. The van der Waals surface area contributed by atoms with Gasteiger partial charge in [0.25, 0.3) is 5.91 Å². The summed E-state index contributed by atoms with van der Waals surface area (Å²) in [6, 6.07) is 4.83.